The van der Waals surface area contributed by atoms with Gasteiger partial charge < -0.3 is 14.8 Å². The van der Waals surface area contributed by atoms with Gasteiger partial charge in [0.2, 0.25) is 0 Å². The largest absolute Gasteiger partial charge is 1.00 e. The molecule has 0 N–H and O–H groups in total. The Kier molecular flexibility index (Phi) is 4.88. The Morgan fingerprint density at radius 3 is 2.57 bits per heavy atom. The van der Waals surface area contributed by atoms with Crippen LogP contribution in [0.25, 0.3) is 6.08 Å². The summed E-state index contributed by atoms with van der Waals surface area (Å²) in [6, 6.07) is -1.51. The van der Waals surface area contributed by atoms with E-state index in [4.69, 9.17) is 0 Å². The van der Waals surface area contributed by atoms with Gasteiger partial charge in [-0.3, -0.25) is 14.8 Å². The van der Waals surface area contributed by atoms with Gasteiger partial charge in [-0.2, -0.15) is 0 Å². The quantitative estimate of drug-likeness (QED) is 0.295. The van der Waals surface area contributed by atoms with E-state index in [2.05, 4.69) is 9.97 Å². The number of carboxylic acids is 1. The minimum atomic E-state index is -3.89. The first-order valence-electron chi connectivity index (χ1n) is 6.44. The number of rotatable bonds is 2. The van der Waals surface area contributed by atoms with Crippen molar-refractivity contribution in [2.75, 3.05) is 0 Å². The Morgan fingerprint density at radius 1 is 1.39 bits per heavy atom. The monoisotopic (exact) mass is 361 g/mol. The van der Waals surface area contributed by atoms with Crippen LogP contribution in [-0.4, -0.2) is 51.3 Å². The SMILES string of the molecule is CC1(C)[C@H](C(=O)[O-])N2C(=O)/C(=C\c3cnccn3)[C@H]2S1(=O)=O.[K+]. The van der Waals surface area contributed by atoms with Crippen LogP contribution in [0.3, 0.4) is 0 Å². The molecule has 8 nitrogen and oxygen atoms in total. The number of nitrogens with zero attached hydrogens (tertiary/aromatic N) is 3. The third kappa shape index (κ3) is 2.52. The molecule has 1 amide bonds. The van der Waals surface area contributed by atoms with Gasteiger partial charge in [-0.1, -0.05) is 0 Å². The van der Waals surface area contributed by atoms with E-state index in [0.29, 0.717) is 5.69 Å². The van der Waals surface area contributed by atoms with Crippen molar-refractivity contribution in [3.8, 4) is 0 Å². The minimum Gasteiger partial charge on any atom is -0.548 e. The van der Waals surface area contributed by atoms with E-state index in [1.807, 2.05) is 0 Å². The van der Waals surface area contributed by atoms with Crippen molar-refractivity contribution < 1.29 is 74.5 Å². The third-order valence-corrected chi connectivity index (χ3v) is 6.83. The average Bonchev–Trinajstić information content (AvgIpc) is 2.59. The number of fused-ring (bicyclic) bond motifs is 1. The van der Waals surface area contributed by atoms with Crippen LogP contribution in [0.4, 0.5) is 0 Å². The molecule has 0 unspecified atom stereocenters. The summed E-state index contributed by atoms with van der Waals surface area (Å²) in [5.74, 6) is -2.22. The molecule has 2 aliphatic heterocycles. The predicted molar refractivity (Wildman–Crippen MR) is 72.4 cm³/mol. The zero-order chi connectivity index (χ0) is 16.3. The van der Waals surface area contributed by atoms with E-state index < -0.39 is 37.9 Å². The van der Waals surface area contributed by atoms with Crippen molar-refractivity contribution in [1.29, 1.82) is 0 Å². The van der Waals surface area contributed by atoms with Crippen molar-refractivity contribution in [2.24, 2.45) is 0 Å². The van der Waals surface area contributed by atoms with Gasteiger partial charge in [-0.05, 0) is 19.9 Å². The Bertz CT molecular complexity index is 806. The smallest absolute Gasteiger partial charge is 0.548 e. The number of carbonyl (C=O) groups is 2. The van der Waals surface area contributed by atoms with Crippen LogP contribution in [0.15, 0.2) is 24.2 Å². The second-order valence-corrected chi connectivity index (χ2v) is 8.25. The molecule has 0 spiro atoms. The first-order valence-corrected chi connectivity index (χ1v) is 7.99. The van der Waals surface area contributed by atoms with Crippen LogP contribution in [0.1, 0.15) is 19.5 Å². The summed E-state index contributed by atoms with van der Waals surface area (Å²) in [6.07, 6.45) is 5.55. The molecule has 2 saturated heterocycles. The number of hydrogen-bond acceptors (Lipinski definition) is 7. The van der Waals surface area contributed by atoms with E-state index >= 15 is 0 Å². The minimum absolute atomic E-state index is 0. The number of aliphatic carboxylic acids is 1. The molecular formula is C13H12KN3O5S. The topological polar surface area (TPSA) is 120 Å². The van der Waals surface area contributed by atoms with Gasteiger partial charge in [0.25, 0.3) is 5.91 Å². The number of aromatic nitrogens is 2. The second kappa shape index (κ2) is 6.01. The van der Waals surface area contributed by atoms with Crippen molar-refractivity contribution >= 4 is 27.8 Å². The van der Waals surface area contributed by atoms with Crippen LogP contribution in [-0.2, 0) is 19.4 Å². The van der Waals surface area contributed by atoms with Crippen molar-refractivity contribution in [2.45, 2.75) is 30.0 Å². The fourth-order valence-corrected chi connectivity index (χ4v) is 4.98. The van der Waals surface area contributed by atoms with Gasteiger partial charge in [-0.15, -0.1) is 0 Å². The van der Waals surface area contributed by atoms with Crippen LogP contribution in [0.2, 0.25) is 0 Å². The zero-order valence-corrected chi connectivity index (χ0v) is 16.7. The molecule has 0 radical (unpaired) electrons. The summed E-state index contributed by atoms with van der Waals surface area (Å²) >= 11 is 0. The molecule has 0 bridgehead atoms. The Hall–Kier alpha value is -0.654. The zero-order valence-electron chi connectivity index (χ0n) is 12.8. The molecule has 116 valence electrons. The Balaban J connectivity index is 0.00000192. The number of carboxylic acid groups (broad SMARTS) is 1. The number of carbonyl (C=O) groups excluding carboxylic acids is 2. The molecule has 2 fully saturated rings. The van der Waals surface area contributed by atoms with Gasteiger partial charge in [0, 0.05) is 12.4 Å². The summed E-state index contributed by atoms with van der Waals surface area (Å²) in [5.41, 5.74) is 0.327. The van der Waals surface area contributed by atoms with Gasteiger partial charge in [-0.25, -0.2) is 8.42 Å². The first-order chi connectivity index (χ1) is 10.2. The molecule has 1 aromatic rings. The molecule has 2 aliphatic rings. The van der Waals surface area contributed by atoms with Gasteiger partial charge >= 0.3 is 51.4 Å². The van der Waals surface area contributed by atoms with E-state index in [1.165, 1.54) is 38.5 Å². The third-order valence-electron chi connectivity index (χ3n) is 4.07. The van der Waals surface area contributed by atoms with Crippen LogP contribution in [0.5, 0.6) is 0 Å². The van der Waals surface area contributed by atoms with E-state index in [0.717, 1.165) is 4.90 Å². The standard InChI is InChI=1S/C13H13N3O5S.K/c1-13(2)9(12(18)19)16-10(17)8(11(16)22(13,20)21)5-7-6-14-3-4-15-7;/h3-6,9,11H,1-2H3,(H,18,19);/q;+1/p-1/b8-5+;/t9-,11+;/m0./s1. The van der Waals surface area contributed by atoms with Crippen molar-refractivity contribution in [1.82, 2.24) is 14.9 Å². The van der Waals surface area contributed by atoms with Crippen LogP contribution in [0, 0.1) is 0 Å². The average molecular weight is 361 g/mol. The summed E-state index contributed by atoms with van der Waals surface area (Å²) in [7, 11) is -3.89. The normalized spacial score (nSPS) is 28.7. The molecule has 0 saturated carbocycles. The summed E-state index contributed by atoms with van der Waals surface area (Å²) in [6.45, 7) is 2.57. The molecule has 1 aromatic heterocycles. The maximum absolute atomic E-state index is 12.6. The van der Waals surface area contributed by atoms with Gasteiger partial charge in [0.05, 0.1) is 34.2 Å². The maximum Gasteiger partial charge on any atom is 1.00 e. The first kappa shape index (κ1) is 18.7. The number of hydrogen-bond donors (Lipinski definition) is 0. The van der Waals surface area contributed by atoms with E-state index in [9.17, 15) is 23.1 Å². The fraction of sp³-hybridized carbons (Fsp3) is 0.385. The van der Waals surface area contributed by atoms with E-state index in [1.54, 1.807) is 0 Å². The number of β-lactam (4-membered cyclic amide) rings is 1. The molecule has 0 aromatic carbocycles. The number of sulfone groups is 1. The molecule has 3 heterocycles. The van der Waals surface area contributed by atoms with Crippen LogP contribution >= 0.6 is 0 Å². The molecule has 3 rings (SSSR count). The molecule has 2 atom stereocenters. The second-order valence-electron chi connectivity index (χ2n) is 5.66. The fourth-order valence-electron chi connectivity index (χ4n) is 2.87. The molecular weight excluding hydrogens is 349 g/mol. The maximum atomic E-state index is 12.6. The van der Waals surface area contributed by atoms with Gasteiger partial charge in [0.15, 0.2) is 15.2 Å². The van der Waals surface area contributed by atoms with Gasteiger partial charge in [0.1, 0.15) is 0 Å². The molecule has 10 heteroatoms. The molecule has 0 aliphatic carbocycles. The summed E-state index contributed by atoms with van der Waals surface area (Å²) < 4.78 is 23.5. The number of amides is 1. The Labute approximate surface area is 175 Å². The van der Waals surface area contributed by atoms with Crippen molar-refractivity contribution in [3.63, 3.8) is 0 Å². The van der Waals surface area contributed by atoms with E-state index in [-0.39, 0.29) is 57.0 Å². The van der Waals surface area contributed by atoms with Crippen LogP contribution < -0.4 is 56.5 Å². The molecule has 23 heavy (non-hydrogen) atoms. The summed E-state index contributed by atoms with van der Waals surface area (Å²) in [4.78, 5) is 32.1. The predicted octanol–water partition coefficient (Wildman–Crippen LogP) is -4.64. The summed E-state index contributed by atoms with van der Waals surface area (Å²) in [5, 5.41) is 10.0. The Morgan fingerprint density at radius 2 is 2.04 bits per heavy atom. The van der Waals surface area contributed by atoms with Crippen molar-refractivity contribution in [3.05, 3.63) is 29.9 Å².